The van der Waals surface area contributed by atoms with Crippen LogP contribution in [0.1, 0.15) is 19.3 Å². The minimum absolute atomic E-state index is 0.306. The second kappa shape index (κ2) is 5.95. The van der Waals surface area contributed by atoms with Crippen molar-refractivity contribution in [3.05, 3.63) is 16.1 Å². The summed E-state index contributed by atoms with van der Waals surface area (Å²) < 4.78 is 0. The number of aromatic nitrogens is 1. The second-order valence-electron chi connectivity index (χ2n) is 4.70. The second-order valence-corrected chi connectivity index (χ2v) is 5.51. The molecule has 0 amide bonds. The maximum Gasteiger partial charge on any atom is 0.147 e. The molecule has 0 radical (unpaired) electrons. The first-order chi connectivity index (χ1) is 8.58. The molecular formula is C12H18Cl2N4. The molecule has 1 aliphatic heterocycles. The van der Waals surface area contributed by atoms with Gasteiger partial charge >= 0.3 is 0 Å². The smallest absolute Gasteiger partial charge is 0.147 e. The van der Waals surface area contributed by atoms with Gasteiger partial charge in [-0.1, -0.05) is 29.6 Å². The number of rotatable bonds is 3. The van der Waals surface area contributed by atoms with E-state index in [9.17, 15) is 0 Å². The van der Waals surface area contributed by atoms with Crippen LogP contribution in [0.5, 0.6) is 0 Å². The average Bonchev–Trinajstić information content (AvgIpc) is 2.34. The molecule has 100 valence electrons. The zero-order chi connectivity index (χ0) is 13.1. The van der Waals surface area contributed by atoms with Gasteiger partial charge in [-0.25, -0.2) is 4.98 Å². The van der Waals surface area contributed by atoms with E-state index in [1.807, 2.05) is 0 Å². The van der Waals surface area contributed by atoms with E-state index in [4.69, 9.17) is 28.9 Å². The lowest BCUT2D eigenvalue weighted by molar-refractivity contribution is 0.194. The van der Waals surface area contributed by atoms with E-state index in [2.05, 4.69) is 22.2 Å². The van der Waals surface area contributed by atoms with Crippen molar-refractivity contribution < 1.29 is 0 Å². The van der Waals surface area contributed by atoms with Crippen LogP contribution in [0.4, 0.5) is 11.6 Å². The Hall–Kier alpha value is -0.710. The standard InChI is InChI=1S/C12H18Cl2N4/c1-18-5-3-2-4-8(18)7-16-12-10(14)6-9(13)11(15)17-12/h6,8H,2-5,7H2,1H3,(H3,15,16,17). The first-order valence-electron chi connectivity index (χ1n) is 6.13. The van der Waals surface area contributed by atoms with E-state index in [0.29, 0.717) is 27.7 Å². The molecular weight excluding hydrogens is 271 g/mol. The average molecular weight is 289 g/mol. The lowest BCUT2D eigenvalue weighted by Gasteiger charge is -2.32. The number of likely N-dealkylation sites (tertiary alicyclic amines) is 1. The normalized spacial score (nSPS) is 20.9. The first kappa shape index (κ1) is 13.7. The minimum Gasteiger partial charge on any atom is -0.382 e. The molecule has 0 saturated carbocycles. The molecule has 1 atom stereocenters. The van der Waals surface area contributed by atoms with Crippen LogP contribution in [0.25, 0.3) is 0 Å². The molecule has 1 fully saturated rings. The summed E-state index contributed by atoms with van der Waals surface area (Å²) >= 11 is 11.9. The summed E-state index contributed by atoms with van der Waals surface area (Å²) in [5.41, 5.74) is 5.67. The summed E-state index contributed by atoms with van der Waals surface area (Å²) in [4.78, 5) is 6.53. The molecule has 1 unspecified atom stereocenters. The molecule has 2 rings (SSSR count). The molecule has 1 saturated heterocycles. The van der Waals surface area contributed by atoms with Crippen molar-refractivity contribution in [2.45, 2.75) is 25.3 Å². The van der Waals surface area contributed by atoms with Gasteiger partial charge in [0.05, 0.1) is 10.0 Å². The monoisotopic (exact) mass is 288 g/mol. The van der Waals surface area contributed by atoms with Gasteiger partial charge in [0.15, 0.2) is 0 Å². The number of nitrogens with one attached hydrogen (secondary N) is 1. The zero-order valence-electron chi connectivity index (χ0n) is 10.4. The number of likely N-dealkylation sites (N-methyl/N-ethyl adjacent to an activating group) is 1. The van der Waals surface area contributed by atoms with E-state index in [0.717, 1.165) is 13.1 Å². The van der Waals surface area contributed by atoms with Crippen molar-refractivity contribution in [3.63, 3.8) is 0 Å². The van der Waals surface area contributed by atoms with Crippen LogP contribution in [-0.4, -0.2) is 36.1 Å². The fourth-order valence-corrected chi connectivity index (χ4v) is 2.65. The number of halogens is 2. The number of anilines is 2. The molecule has 1 aromatic rings. The Morgan fingerprint density at radius 1 is 1.44 bits per heavy atom. The summed E-state index contributed by atoms with van der Waals surface area (Å²) in [5.74, 6) is 0.915. The predicted octanol–water partition coefficient (Wildman–Crippen LogP) is 2.87. The number of nitrogens with zero attached hydrogens (tertiary/aromatic N) is 2. The van der Waals surface area contributed by atoms with Gasteiger partial charge in [-0.15, -0.1) is 0 Å². The molecule has 0 aromatic carbocycles. The van der Waals surface area contributed by atoms with Crippen LogP contribution in [0.15, 0.2) is 6.07 Å². The van der Waals surface area contributed by atoms with E-state index in [-0.39, 0.29) is 0 Å². The van der Waals surface area contributed by atoms with E-state index >= 15 is 0 Å². The Labute approximate surface area is 117 Å². The van der Waals surface area contributed by atoms with Crippen molar-refractivity contribution in [1.82, 2.24) is 9.88 Å². The van der Waals surface area contributed by atoms with Crippen LogP contribution in [0.2, 0.25) is 10.0 Å². The predicted molar refractivity (Wildman–Crippen MR) is 77.4 cm³/mol. The highest BCUT2D eigenvalue weighted by molar-refractivity contribution is 6.37. The Morgan fingerprint density at radius 2 is 2.22 bits per heavy atom. The zero-order valence-corrected chi connectivity index (χ0v) is 11.9. The molecule has 0 bridgehead atoms. The number of hydrogen-bond acceptors (Lipinski definition) is 4. The highest BCUT2D eigenvalue weighted by Gasteiger charge is 2.19. The Balaban J connectivity index is 1.99. The minimum atomic E-state index is 0.306. The fourth-order valence-electron chi connectivity index (χ4n) is 2.22. The third-order valence-electron chi connectivity index (χ3n) is 3.38. The van der Waals surface area contributed by atoms with Crippen LogP contribution < -0.4 is 11.1 Å². The number of piperidine rings is 1. The summed E-state index contributed by atoms with van der Waals surface area (Å²) in [6.45, 7) is 1.97. The van der Waals surface area contributed by atoms with Crippen molar-refractivity contribution in [3.8, 4) is 0 Å². The third kappa shape index (κ3) is 3.19. The highest BCUT2D eigenvalue weighted by atomic mass is 35.5. The molecule has 1 aromatic heterocycles. The summed E-state index contributed by atoms with van der Waals surface area (Å²) in [7, 11) is 2.15. The molecule has 4 nitrogen and oxygen atoms in total. The molecule has 6 heteroatoms. The van der Waals surface area contributed by atoms with Gasteiger partial charge in [0, 0.05) is 12.6 Å². The number of nitrogens with two attached hydrogens (primary N) is 1. The van der Waals surface area contributed by atoms with Crippen molar-refractivity contribution in [2.75, 3.05) is 31.2 Å². The van der Waals surface area contributed by atoms with Crippen LogP contribution in [-0.2, 0) is 0 Å². The van der Waals surface area contributed by atoms with Gasteiger partial charge in [-0.05, 0) is 32.5 Å². The quantitative estimate of drug-likeness (QED) is 0.898. The van der Waals surface area contributed by atoms with Crippen molar-refractivity contribution >= 4 is 34.8 Å². The lowest BCUT2D eigenvalue weighted by Crippen LogP contribution is -2.40. The lowest BCUT2D eigenvalue weighted by atomic mass is 10.0. The topological polar surface area (TPSA) is 54.2 Å². The molecule has 0 spiro atoms. The van der Waals surface area contributed by atoms with Gasteiger partial charge in [-0.3, -0.25) is 0 Å². The maximum absolute atomic E-state index is 6.08. The molecule has 1 aliphatic rings. The number of nitrogen functional groups attached to an aromatic ring is 1. The van der Waals surface area contributed by atoms with Crippen molar-refractivity contribution in [1.29, 1.82) is 0 Å². The SMILES string of the molecule is CN1CCCCC1CNc1nc(N)c(Cl)cc1Cl. The molecule has 2 heterocycles. The van der Waals surface area contributed by atoms with E-state index < -0.39 is 0 Å². The van der Waals surface area contributed by atoms with Crippen molar-refractivity contribution in [2.24, 2.45) is 0 Å². The molecule has 3 N–H and O–H groups in total. The van der Waals surface area contributed by atoms with Crippen LogP contribution >= 0.6 is 23.2 Å². The Morgan fingerprint density at radius 3 is 2.94 bits per heavy atom. The fraction of sp³-hybridized carbons (Fsp3) is 0.583. The highest BCUT2D eigenvalue weighted by Crippen LogP contribution is 2.27. The van der Waals surface area contributed by atoms with E-state index in [1.54, 1.807) is 6.07 Å². The number of pyridine rings is 1. The van der Waals surface area contributed by atoms with Gasteiger partial charge in [0.2, 0.25) is 0 Å². The Bertz CT molecular complexity index is 425. The van der Waals surface area contributed by atoms with Gasteiger partial charge < -0.3 is 16.0 Å². The van der Waals surface area contributed by atoms with E-state index in [1.165, 1.54) is 19.3 Å². The summed E-state index contributed by atoms with van der Waals surface area (Å²) in [6, 6.07) is 2.15. The maximum atomic E-state index is 6.08. The number of hydrogen-bond donors (Lipinski definition) is 2. The van der Waals surface area contributed by atoms with Gasteiger partial charge in [0.25, 0.3) is 0 Å². The molecule has 0 aliphatic carbocycles. The van der Waals surface area contributed by atoms with Gasteiger partial charge in [-0.2, -0.15) is 0 Å². The molecule has 18 heavy (non-hydrogen) atoms. The van der Waals surface area contributed by atoms with Crippen LogP contribution in [0, 0.1) is 0 Å². The summed E-state index contributed by atoms with van der Waals surface area (Å²) in [5, 5.41) is 4.15. The van der Waals surface area contributed by atoms with Crippen LogP contribution in [0.3, 0.4) is 0 Å². The first-order valence-corrected chi connectivity index (χ1v) is 6.89. The largest absolute Gasteiger partial charge is 0.382 e. The van der Waals surface area contributed by atoms with Gasteiger partial charge in [0.1, 0.15) is 11.6 Å². The third-order valence-corrected chi connectivity index (χ3v) is 3.97. The summed E-state index contributed by atoms with van der Waals surface area (Å²) in [6.07, 6.45) is 3.75. The Kier molecular flexibility index (Phi) is 4.54.